The summed E-state index contributed by atoms with van der Waals surface area (Å²) in [4.78, 5) is 28.3. The van der Waals surface area contributed by atoms with Gasteiger partial charge >= 0.3 is 5.97 Å². The number of halogens is 1. The number of aromatic carboxylic acids is 1. The molecule has 0 aliphatic heterocycles. The van der Waals surface area contributed by atoms with Gasteiger partial charge in [0.2, 0.25) is 16.6 Å². The van der Waals surface area contributed by atoms with Crippen LogP contribution in [0.1, 0.15) is 38.9 Å². The number of carboxylic acid groups (broad SMARTS) is 1. The molecular weight excluding hydrogens is 529 g/mol. The Labute approximate surface area is 225 Å². The molecule has 0 unspecified atom stereocenters. The van der Waals surface area contributed by atoms with Crippen molar-refractivity contribution in [1.29, 1.82) is 0 Å². The Balaban J connectivity index is 1.61. The van der Waals surface area contributed by atoms with Crippen molar-refractivity contribution in [3.05, 3.63) is 82.8 Å². The number of fused-ring (bicyclic) bond motifs is 1. The summed E-state index contributed by atoms with van der Waals surface area (Å²) in [6.45, 7) is 1.87. The Morgan fingerprint density at radius 2 is 1.82 bits per heavy atom. The van der Waals surface area contributed by atoms with E-state index in [1.807, 2.05) is 6.92 Å². The van der Waals surface area contributed by atoms with Crippen LogP contribution in [-0.4, -0.2) is 54.9 Å². The number of carbonyl (C=O) groups is 2. The maximum atomic E-state index is 13.5. The molecule has 0 fully saturated rings. The molecular formula is C27H26FN3O7S. The van der Waals surface area contributed by atoms with Gasteiger partial charge in [-0.2, -0.15) is 4.31 Å². The highest BCUT2D eigenvalue weighted by molar-refractivity contribution is 7.69. The number of pyridine rings is 1. The molecule has 39 heavy (non-hydrogen) atoms. The second kappa shape index (κ2) is 12.0. The van der Waals surface area contributed by atoms with Gasteiger partial charge in [0, 0.05) is 19.2 Å². The molecule has 0 saturated heterocycles. The first-order valence-corrected chi connectivity index (χ1v) is 13.1. The molecule has 0 spiro atoms. The number of carbonyl (C=O) groups excluding carboxylic acids is 1. The van der Waals surface area contributed by atoms with Gasteiger partial charge in [0.1, 0.15) is 23.9 Å². The average Bonchev–Trinajstić information content (AvgIpc) is 3.30. The molecule has 2 heterocycles. The van der Waals surface area contributed by atoms with Crippen LogP contribution in [0.2, 0.25) is 0 Å². The highest BCUT2D eigenvalue weighted by atomic mass is 32.2. The molecule has 2 aromatic carbocycles. The Bertz CT molecular complexity index is 1570. The zero-order valence-corrected chi connectivity index (χ0v) is 22.0. The summed E-state index contributed by atoms with van der Waals surface area (Å²) in [5, 5.41) is 12.1. The van der Waals surface area contributed by atoms with Crippen LogP contribution in [0.3, 0.4) is 0 Å². The molecule has 10 nitrogen and oxygen atoms in total. The van der Waals surface area contributed by atoms with E-state index in [0.29, 0.717) is 28.8 Å². The number of nitrogens with one attached hydrogen (secondary N) is 1. The van der Waals surface area contributed by atoms with Crippen molar-refractivity contribution < 1.29 is 36.7 Å². The number of hydrogen-bond donors (Lipinski definition) is 3. The summed E-state index contributed by atoms with van der Waals surface area (Å²) >= 11 is 0. The van der Waals surface area contributed by atoms with Gasteiger partial charge in [-0.3, -0.25) is 4.79 Å². The molecule has 4 rings (SSSR count). The van der Waals surface area contributed by atoms with Gasteiger partial charge in [0.05, 0.1) is 28.8 Å². The van der Waals surface area contributed by atoms with Crippen molar-refractivity contribution in [2.24, 2.45) is 0 Å². The average molecular weight is 556 g/mol. The van der Waals surface area contributed by atoms with Crippen molar-refractivity contribution in [2.75, 3.05) is 20.2 Å². The molecule has 2 N–H and O–H groups in total. The van der Waals surface area contributed by atoms with Crippen molar-refractivity contribution in [2.45, 2.75) is 19.9 Å². The third-order valence-electron chi connectivity index (χ3n) is 6.08. The highest BCUT2D eigenvalue weighted by Gasteiger charge is 2.24. The molecule has 2 aromatic heterocycles. The van der Waals surface area contributed by atoms with Gasteiger partial charge in [-0.15, -0.1) is 0 Å². The first-order valence-electron chi connectivity index (χ1n) is 12.0. The zero-order valence-electron chi connectivity index (χ0n) is 21.1. The maximum absolute atomic E-state index is 13.5. The molecule has 0 atom stereocenters. The van der Waals surface area contributed by atoms with E-state index in [0.717, 1.165) is 5.56 Å². The molecule has 0 aliphatic rings. The lowest BCUT2D eigenvalue weighted by Gasteiger charge is -2.17. The van der Waals surface area contributed by atoms with Crippen LogP contribution in [0.15, 0.2) is 59.0 Å². The smallest absolute Gasteiger partial charge is 0.335 e. The number of furan rings is 1. The lowest BCUT2D eigenvalue weighted by molar-refractivity contribution is 0.0696. The molecule has 204 valence electrons. The minimum absolute atomic E-state index is 0.0186. The Morgan fingerprint density at radius 1 is 1.13 bits per heavy atom. The van der Waals surface area contributed by atoms with Gasteiger partial charge in [-0.1, -0.05) is 6.92 Å². The van der Waals surface area contributed by atoms with Gasteiger partial charge in [-0.25, -0.2) is 22.6 Å². The van der Waals surface area contributed by atoms with Crippen LogP contribution in [0.4, 0.5) is 4.39 Å². The van der Waals surface area contributed by atoms with E-state index in [9.17, 15) is 22.4 Å². The fraction of sp³-hybridized carbons (Fsp3) is 0.222. The molecule has 1 amide bonds. The summed E-state index contributed by atoms with van der Waals surface area (Å²) in [6.07, 6.45) is 0.512. The molecule has 12 heteroatoms. The molecule has 0 saturated carbocycles. The van der Waals surface area contributed by atoms with Gasteiger partial charge in [0.25, 0.3) is 5.91 Å². The predicted molar refractivity (Wildman–Crippen MR) is 142 cm³/mol. The first kappa shape index (κ1) is 27.7. The summed E-state index contributed by atoms with van der Waals surface area (Å²) < 4.78 is 50.3. The summed E-state index contributed by atoms with van der Waals surface area (Å²) in [5.41, 5.74) is 2.19. The lowest BCUT2D eigenvalue weighted by Crippen LogP contribution is -2.27. The third kappa shape index (κ3) is 6.24. The van der Waals surface area contributed by atoms with Crippen molar-refractivity contribution in [1.82, 2.24) is 14.6 Å². The molecule has 0 radical (unpaired) electrons. The number of thiol groups is 1. The zero-order chi connectivity index (χ0) is 28.1. The number of hydrogen-bond acceptors (Lipinski definition) is 7. The quantitative estimate of drug-likeness (QED) is 0.238. The molecule has 4 aromatic rings. The first-order chi connectivity index (χ1) is 18.7. The number of nitrogens with zero attached hydrogens (tertiary/aromatic N) is 2. The monoisotopic (exact) mass is 555 g/mol. The lowest BCUT2D eigenvalue weighted by atomic mass is 10.0. The summed E-state index contributed by atoms with van der Waals surface area (Å²) in [5.74, 6) is -1.26. The number of benzene rings is 2. The standard InChI is InChI=1S/C27H26FN3O7S/c1-3-16-14-21-23(25(32)29-2)24(17-4-8-19(28)9-5-17)38-26(21)30-22(16)15-31(39(35)36)12-13-37-20-10-6-18(7-11-20)27(33)34/h4-11,14,39H,3,12-13,15H2,1-2H3,(H,29,32)(H,33,34). The number of ether oxygens (including phenoxy) is 1. The van der Waals surface area contributed by atoms with E-state index in [1.165, 1.54) is 59.9 Å². The SMILES string of the molecule is CCc1cc2c(C(=O)NC)c(-c3ccc(F)cc3)oc2nc1CN(CCOc1ccc(C(=O)O)cc1)[SH](=O)=O. The van der Waals surface area contributed by atoms with Gasteiger partial charge < -0.3 is 19.6 Å². The summed E-state index contributed by atoms with van der Waals surface area (Å²) in [7, 11) is -1.50. The largest absolute Gasteiger partial charge is 0.492 e. The second-order valence-corrected chi connectivity index (χ2v) is 9.54. The van der Waals surface area contributed by atoms with E-state index in [1.54, 1.807) is 6.07 Å². The van der Waals surface area contributed by atoms with Crippen LogP contribution in [0.5, 0.6) is 5.75 Å². The second-order valence-electron chi connectivity index (χ2n) is 8.50. The fourth-order valence-corrected chi connectivity index (χ4v) is 4.55. The molecule has 0 aliphatic carbocycles. The normalized spacial score (nSPS) is 11.3. The minimum atomic E-state index is -2.99. The van der Waals surface area contributed by atoms with Gasteiger partial charge in [0.15, 0.2) is 0 Å². The predicted octanol–water partition coefficient (Wildman–Crippen LogP) is 3.66. The van der Waals surface area contributed by atoms with E-state index < -0.39 is 28.6 Å². The Hall–Kier alpha value is -4.29. The van der Waals surface area contributed by atoms with Gasteiger partial charge in [-0.05, 0) is 66.6 Å². The Morgan fingerprint density at radius 3 is 2.41 bits per heavy atom. The number of rotatable bonds is 11. The van der Waals surface area contributed by atoms with E-state index in [-0.39, 0.29) is 42.3 Å². The van der Waals surface area contributed by atoms with Crippen LogP contribution < -0.4 is 10.1 Å². The Kier molecular flexibility index (Phi) is 8.57. The maximum Gasteiger partial charge on any atom is 0.335 e. The van der Waals surface area contributed by atoms with Crippen molar-refractivity contribution in [3.8, 4) is 17.1 Å². The number of carboxylic acids is 1. The van der Waals surface area contributed by atoms with Crippen molar-refractivity contribution in [3.63, 3.8) is 0 Å². The number of aromatic nitrogens is 1. The fourth-order valence-electron chi connectivity index (χ4n) is 4.05. The number of aryl methyl sites for hydroxylation is 1. The van der Waals surface area contributed by atoms with E-state index in [4.69, 9.17) is 14.3 Å². The van der Waals surface area contributed by atoms with E-state index in [2.05, 4.69) is 10.3 Å². The van der Waals surface area contributed by atoms with Crippen LogP contribution in [0, 0.1) is 5.82 Å². The van der Waals surface area contributed by atoms with Crippen LogP contribution in [0.25, 0.3) is 22.4 Å². The van der Waals surface area contributed by atoms with Crippen LogP contribution in [-0.2, 0) is 23.9 Å². The molecule has 0 bridgehead atoms. The third-order valence-corrected chi connectivity index (χ3v) is 6.88. The topological polar surface area (TPSA) is 139 Å². The minimum Gasteiger partial charge on any atom is -0.492 e. The van der Waals surface area contributed by atoms with Crippen molar-refractivity contribution >= 4 is 33.9 Å². The van der Waals surface area contributed by atoms with Crippen LogP contribution >= 0.6 is 0 Å². The summed E-state index contributed by atoms with van der Waals surface area (Å²) in [6, 6.07) is 13.1. The highest BCUT2D eigenvalue weighted by Crippen LogP contribution is 2.34. The van der Waals surface area contributed by atoms with E-state index >= 15 is 0 Å². The number of amides is 1.